The lowest BCUT2D eigenvalue weighted by molar-refractivity contribution is 0.0760. The zero-order chi connectivity index (χ0) is 18.5. The van der Waals surface area contributed by atoms with Crippen LogP contribution in [0.1, 0.15) is 22.3 Å². The highest BCUT2D eigenvalue weighted by atomic mass is 19.1. The highest BCUT2D eigenvalue weighted by molar-refractivity contribution is 5.93. The quantitative estimate of drug-likeness (QED) is 0.838. The Morgan fingerprint density at radius 1 is 1.15 bits per heavy atom. The second-order valence-corrected chi connectivity index (χ2v) is 6.73. The highest BCUT2D eigenvalue weighted by Crippen LogP contribution is 2.13. The number of aromatic nitrogens is 2. The molecule has 1 fully saturated rings. The van der Waals surface area contributed by atoms with Crippen molar-refractivity contribution in [2.45, 2.75) is 13.0 Å². The van der Waals surface area contributed by atoms with Gasteiger partial charge in [-0.3, -0.25) is 14.7 Å². The molecule has 0 unspecified atom stereocenters. The molecule has 1 aliphatic heterocycles. The standard InChI is InChI=1S/C19H24FN5O/c1-23(2)18-5-4-15(11-22-18)14-24-6-3-7-25(9-8-24)19(26)16-10-17(20)13-21-12-16/h4-5,10-13H,3,6-9,14H2,1-2H3. The number of nitrogens with zero attached hydrogens (tertiary/aromatic N) is 5. The first-order valence-corrected chi connectivity index (χ1v) is 8.77. The van der Waals surface area contributed by atoms with Gasteiger partial charge in [0, 0.05) is 59.2 Å². The number of hydrogen-bond acceptors (Lipinski definition) is 5. The third-order valence-corrected chi connectivity index (χ3v) is 4.50. The maximum Gasteiger partial charge on any atom is 0.255 e. The van der Waals surface area contributed by atoms with Crippen LogP contribution in [0, 0.1) is 5.82 Å². The minimum Gasteiger partial charge on any atom is -0.363 e. The van der Waals surface area contributed by atoms with Gasteiger partial charge in [0.15, 0.2) is 0 Å². The largest absolute Gasteiger partial charge is 0.363 e. The number of hydrogen-bond donors (Lipinski definition) is 0. The zero-order valence-electron chi connectivity index (χ0n) is 15.2. The Balaban J connectivity index is 1.58. The molecule has 26 heavy (non-hydrogen) atoms. The van der Waals surface area contributed by atoms with E-state index in [1.54, 1.807) is 4.90 Å². The van der Waals surface area contributed by atoms with Gasteiger partial charge in [-0.2, -0.15) is 0 Å². The SMILES string of the molecule is CN(C)c1ccc(CN2CCCN(C(=O)c3cncc(F)c3)CC2)cn1. The van der Waals surface area contributed by atoms with E-state index in [4.69, 9.17) is 0 Å². The second kappa shape index (κ2) is 8.23. The molecule has 1 aliphatic rings. The molecule has 0 aromatic carbocycles. The maximum absolute atomic E-state index is 13.3. The molecule has 2 aromatic heterocycles. The van der Waals surface area contributed by atoms with Crippen LogP contribution in [0.25, 0.3) is 0 Å². The Labute approximate surface area is 153 Å². The van der Waals surface area contributed by atoms with E-state index in [1.165, 1.54) is 12.3 Å². The number of pyridine rings is 2. The van der Waals surface area contributed by atoms with Gasteiger partial charge in [-0.05, 0) is 24.1 Å². The van der Waals surface area contributed by atoms with Crippen LogP contribution in [0.5, 0.6) is 0 Å². The topological polar surface area (TPSA) is 52.6 Å². The average Bonchev–Trinajstić information content (AvgIpc) is 2.87. The van der Waals surface area contributed by atoms with Gasteiger partial charge < -0.3 is 9.80 Å². The van der Waals surface area contributed by atoms with E-state index in [1.807, 2.05) is 31.3 Å². The molecule has 0 bridgehead atoms. The smallest absolute Gasteiger partial charge is 0.255 e. The maximum atomic E-state index is 13.3. The Bertz CT molecular complexity index is 750. The lowest BCUT2D eigenvalue weighted by atomic mass is 10.2. The first kappa shape index (κ1) is 18.3. The molecule has 0 saturated carbocycles. The van der Waals surface area contributed by atoms with Crippen LogP contribution < -0.4 is 4.90 Å². The van der Waals surface area contributed by atoms with Crippen LogP contribution >= 0.6 is 0 Å². The number of amides is 1. The predicted octanol–water partition coefficient (Wildman–Crippen LogP) is 2.03. The number of carbonyl (C=O) groups excluding carboxylic acids is 1. The predicted molar refractivity (Wildman–Crippen MR) is 98.6 cm³/mol. The molecule has 7 heteroatoms. The highest BCUT2D eigenvalue weighted by Gasteiger charge is 2.21. The summed E-state index contributed by atoms with van der Waals surface area (Å²) in [5, 5.41) is 0. The van der Waals surface area contributed by atoms with Crippen LogP contribution in [0.15, 0.2) is 36.8 Å². The molecule has 0 atom stereocenters. The van der Waals surface area contributed by atoms with Gasteiger partial charge in [-0.1, -0.05) is 6.07 Å². The fourth-order valence-electron chi connectivity index (χ4n) is 3.08. The Hall–Kier alpha value is -2.54. The van der Waals surface area contributed by atoms with Crippen molar-refractivity contribution in [3.63, 3.8) is 0 Å². The van der Waals surface area contributed by atoms with E-state index < -0.39 is 5.82 Å². The van der Waals surface area contributed by atoms with E-state index >= 15 is 0 Å². The molecule has 2 aromatic rings. The summed E-state index contributed by atoms with van der Waals surface area (Å²) in [6.45, 7) is 3.80. The van der Waals surface area contributed by atoms with E-state index in [0.29, 0.717) is 18.7 Å². The molecule has 0 spiro atoms. The third-order valence-electron chi connectivity index (χ3n) is 4.50. The Morgan fingerprint density at radius 3 is 2.69 bits per heavy atom. The summed E-state index contributed by atoms with van der Waals surface area (Å²) >= 11 is 0. The van der Waals surface area contributed by atoms with Crippen LogP contribution in [-0.4, -0.2) is 65.9 Å². The molecule has 3 rings (SSSR count). The molecular formula is C19H24FN5O. The zero-order valence-corrected chi connectivity index (χ0v) is 15.2. The Kier molecular flexibility index (Phi) is 5.78. The summed E-state index contributed by atoms with van der Waals surface area (Å²) in [6, 6.07) is 5.35. The van der Waals surface area contributed by atoms with Crippen LogP contribution in [0.3, 0.4) is 0 Å². The summed E-state index contributed by atoms with van der Waals surface area (Å²) in [5.74, 6) is 0.293. The van der Waals surface area contributed by atoms with Gasteiger partial charge in [-0.25, -0.2) is 9.37 Å². The van der Waals surface area contributed by atoms with Crippen molar-refractivity contribution in [3.8, 4) is 0 Å². The van der Waals surface area contributed by atoms with Gasteiger partial charge in [0.2, 0.25) is 0 Å². The molecule has 138 valence electrons. The van der Waals surface area contributed by atoms with E-state index in [2.05, 4.69) is 20.9 Å². The van der Waals surface area contributed by atoms with Crippen molar-refractivity contribution in [2.75, 3.05) is 45.2 Å². The lowest BCUT2D eigenvalue weighted by Gasteiger charge is -2.22. The normalized spacial score (nSPS) is 15.6. The summed E-state index contributed by atoms with van der Waals surface area (Å²) < 4.78 is 13.3. The molecule has 1 saturated heterocycles. The average molecular weight is 357 g/mol. The van der Waals surface area contributed by atoms with E-state index in [-0.39, 0.29) is 5.91 Å². The van der Waals surface area contributed by atoms with Gasteiger partial charge in [0.25, 0.3) is 5.91 Å². The first-order chi connectivity index (χ1) is 12.5. The van der Waals surface area contributed by atoms with Gasteiger partial charge in [0.05, 0.1) is 11.8 Å². The summed E-state index contributed by atoms with van der Waals surface area (Å²) in [6.07, 6.45) is 5.32. The van der Waals surface area contributed by atoms with Gasteiger partial charge in [0.1, 0.15) is 11.6 Å². The molecule has 0 N–H and O–H groups in total. The van der Waals surface area contributed by atoms with Crippen LogP contribution in [0.4, 0.5) is 10.2 Å². The van der Waals surface area contributed by atoms with E-state index in [9.17, 15) is 9.18 Å². The second-order valence-electron chi connectivity index (χ2n) is 6.73. The van der Waals surface area contributed by atoms with Gasteiger partial charge in [-0.15, -0.1) is 0 Å². The monoisotopic (exact) mass is 357 g/mol. The molecule has 0 aliphatic carbocycles. The summed E-state index contributed by atoms with van der Waals surface area (Å²) in [5.41, 5.74) is 1.46. The lowest BCUT2D eigenvalue weighted by Crippen LogP contribution is -2.35. The van der Waals surface area contributed by atoms with Crippen molar-refractivity contribution in [3.05, 3.63) is 53.7 Å². The number of carbonyl (C=O) groups is 1. The minimum atomic E-state index is -0.485. The molecule has 1 amide bonds. The fourth-order valence-corrected chi connectivity index (χ4v) is 3.08. The van der Waals surface area contributed by atoms with Crippen LogP contribution in [0.2, 0.25) is 0 Å². The number of rotatable bonds is 4. The van der Waals surface area contributed by atoms with Gasteiger partial charge >= 0.3 is 0 Å². The van der Waals surface area contributed by atoms with Crippen molar-refractivity contribution >= 4 is 11.7 Å². The van der Waals surface area contributed by atoms with Crippen molar-refractivity contribution < 1.29 is 9.18 Å². The molecule has 0 radical (unpaired) electrons. The number of anilines is 1. The summed E-state index contributed by atoms with van der Waals surface area (Å²) in [4.78, 5) is 26.9. The third kappa shape index (κ3) is 4.54. The fraction of sp³-hybridized carbons (Fsp3) is 0.421. The molecule has 3 heterocycles. The van der Waals surface area contributed by atoms with Crippen molar-refractivity contribution in [1.29, 1.82) is 0 Å². The first-order valence-electron chi connectivity index (χ1n) is 8.77. The number of halogens is 1. The van der Waals surface area contributed by atoms with Crippen molar-refractivity contribution in [2.24, 2.45) is 0 Å². The van der Waals surface area contributed by atoms with Crippen molar-refractivity contribution in [1.82, 2.24) is 19.8 Å². The van der Waals surface area contributed by atoms with E-state index in [0.717, 1.165) is 43.6 Å². The van der Waals surface area contributed by atoms with Crippen LogP contribution in [-0.2, 0) is 6.54 Å². The Morgan fingerprint density at radius 2 is 2.00 bits per heavy atom. The minimum absolute atomic E-state index is 0.157. The molecular weight excluding hydrogens is 333 g/mol. The summed E-state index contributed by atoms with van der Waals surface area (Å²) in [7, 11) is 3.94. The molecule has 6 nitrogen and oxygen atoms in total.